The second-order valence-corrected chi connectivity index (χ2v) is 8.08. The van der Waals surface area contributed by atoms with E-state index in [1.807, 2.05) is 0 Å². The Morgan fingerprint density at radius 3 is 2.50 bits per heavy atom. The van der Waals surface area contributed by atoms with Crippen molar-refractivity contribution >= 4 is 52.3 Å². The van der Waals surface area contributed by atoms with Crippen LogP contribution in [-0.2, 0) is 9.59 Å². The molecule has 0 bridgehead atoms. The van der Waals surface area contributed by atoms with Crippen LogP contribution < -0.4 is 10.6 Å². The number of nitrogens with one attached hydrogen (secondary N) is 2. The SMILES string of the molecule is CCCCN1CC(C(=O)Nc2ccc(C(=O)Nc3ccc(Cl)cc3Cl)cc2)CC1=O. The minimum absolute atomic E-state index is 0.0245. The second kappa shape index (κ2) is 9.96. The fourth-order valence-electron chi connectivity index (χ4n) is 3.25. The molecule has 3 rings (SSSR count). The summed E-state index contributed by atoms with van der Waals surface area (Å²) in [5.74, 6) is -0.849. The van der Waals surface area contributed by atoms with Crippen LogP contribution in [0.5, 0.6) is 0 Å². The van der Waals surface area contributed by atoms with Gasteiger partial charge in [0, 0.05) is 35.8 Å². The van der Waals surface area contributed by atoms with Crippen molar-refractivity contribution in [3.8, 4) is 0 Å². The largest absolute Gasteiger partial charge is 0.342 e. The summed E-state index contributed by atoms with van der Waals surface area (Å²) in [6.07, 6.45) is 2.17. The van der Waals surface area contributed by atoms with E-state index in [-0.39, 0.29) is 30.1 Å². The Kier molecular flexibility index (Phi) is 7.34. The van der Waals surface area contributed by atoms with Gasteiger partial charge in [0.15, 0.2) is 0 Å². The molecule has 2 N–H and O–H groups in total. The summed E-state index contributed by atoms with van der Waals surface area (Å²) < 4.78 is 0. The van der Waals surface area contributed by atoms with Crippen molar-refractivity contribution in [3.05, 3.63) is 58.1 Å². The summed E-state index contributed by atoms with van der Waals surface area (Å²) in [6.45, 7) is 3.21. The number of amides is 3. The van der Waals surface area contributed by atoms with Gasteiger partial charge in [0.2, 0.25) is 11.8 Å². The van der Waals surface area contributed by atoms with E-state index in [2.05, 4.69) is 17.6 Å². The van der Waals surface area contributed by atoms with Gasteiger partial charge in [-0.3, -0.25) is 14.4 Å². The third kappa shape index (κ3) is 5.52. The Morgan fingerprint density at radius 1 is 1.10 bits per heavy atom. The van der Waals surface area contributed by atoms with Gasteiger partial charge < -0.3 is 15.5 Å². The van der Waals surface area contributed by atoms with E-state index < -0.39 is 0 Å². The molecule has 1 fully saturated rings. The number of hydrogen-bond acceptors (Lipinski definition) is 3. The van der Waals surface area contributed by atoms with Crippen molar-refractivity contribution in [3.63, 3.8) is 0 Å². The molecule has 1 aliphatic heterocycles. The van der Waals surface area contributed by atoms with Gasteiger partial charge in [-0.2, -0.15) is 0 Å². The smallest absolute Gasteiger partial charge is 0.255 e. The van der Waals surface area contributed by atoms with Crippen LogP contribution in [0.4, 0.5) is 11.4 Å². The highest BCUT2D eigenvalue weighted by atomic mass is 35.5. The molecule has 0 saturated carbocycles. The summed E-state index contributed by atoms with van der Waals surface area (Å²) in [5.41, 5.74) is 1.45. The first-order valence-electron chi connectivity index (χ1n) is 9.82. The molecule has 2 aromatic rings. The van der Waals surface area contributed by atoms with Crippen LogP contribution in [0, 0.1) is 5.92 Å². The molecule has 2 aromatic carbocycles. The fourth-order valence-corrected chi connectivity index (χ4v) is 3.70. The lowest BCUT2D eigenvalue weighted by Gasteiger charge is -2.16. The normalized spacial score (nSPS) is 15.9. The van der Waals surface area contributed by atoms with Gasteiger partial charge in [0.1, 0.15) is 0 Å². The molecule has 1 aliphatic rings. The fraction of sp³-hybridized carbons (Fsp3) is 0.318. The number of likely N-dealkylation sites (tertiary alicyclic amines) is 1. The summed E-state index contributed by atoms with van der Waals surface area (Å²) in [6, 6.07) is 11.4. The zero-order valence-electron chi connectivity index (χ0n) is 16.6. The molecule has 8 heteroatoms. The number of unbranched alkanes of at least 4 members (excludes halogenated alkanes) is 1. The van der Waals surface area contributed by atoms with Crippen LogP contribution in [0.2, 0.25) is 10.0 Å². The molecule has 0 radical (unpaired) electrons. The number of benzene rings is 2. The van der Waals surface area contributed by atoms with Crippen molar-refractivity contribution in [2.45, 2.75) is 26.2 Å². The van der Waals surface area contributed by atoms with Gasteiger partial charge in [0.05, 0.1) is 16.6 Å². The average Bonchev–Trinajstić information content (AvgIpc) is 3.09. The lowest BCUT2D eigenvalue weighted by molar-refractivity contribution is -0.128. The van der Waals surface area contributed by atoms with Crippen LogP contribution in [-0.4, -0.2) is 35.7 Å². The highest BCUT2D eigenvalue weighted by molar-refractivity contribution is 6.36. The molecule has 3 amide bonds. The highest BCUT2D eigenvalue weighted by Crippen LogP contribution is 2.26. The number of carbonyl (C=O) groups excluding carboxylic acids is 3. The molecular weight excluding hydrogens is 425 g/mol. The van der Waals surface area contributed by atoms with E-state index in [0.717, 1.165) is 12.8 Å². The van der Waals surface area contributed by atoms with Gasteiger partial charge in [-0.15, -0.1) is 0 Å². The quantitative estimate of drug-likeness (QED) is 0.637. The summed E-state index contributed by atoms with van der Waals surface area (Å²) in [4.78, 5) is 38.7. The minimum atomic E-state index is -0.357. The van der Waals surface area contributed by atoms with E-state index in [4.69, 9.17) is 23.2 Å². The molecule has 158 valence electrons. The van der Waals surface area contributed by atoms with Crippen LogP contribution in [0.15, 0.2) is 42.5 Å². The third-order valence-electron chi connectivity index (χ3n) is 4.96. The first-order valence-corrected chi connectivity index (χ1v) is 10.6. The summed E-state index contributed by atoms with van der Waals surface area (Å²) in [5, 5.41) is 6.38. The Hall–Kier alpha value is -2.57. The number of carbonyl (C=O) groups is 3. The van der Waals surface area contributed by atoms with Crippen LogP contribution >= 0.6 is 23.2 Å². The predicted molar refractivity (Wildman–Crippen MR) is 119 cm³/mol. The molecule has 6 nitrogen and oxygen atoms in total. The number of anilines is 2. The van der Waals surface area contributed by atoms with Crippen molar-refractivity contribution in [1.82, 2.24) is 4.90 Å². The number of rotatable bonds is 7. The molecule has 1 unspecified atom stereocenters. The lowest BCUT2D eigenvalue weighted by atomic mass is 10.1. The molecule has 0 aromatic heterocycles. The van der Waals surface area contributed by atoms with E-state index in [1.54, 1.807) is 47.4 Å². The average molecular weight is 448 g/mol. The summed E-state index contributed by atoms with van der Waals surface area (Å²) in [7, 11) is 0. The van der Waals surface area contributed by atoms with Crippen molar-refractivity contribution < 1.29 is 14.4 Å². The molecule has 0 aliphatic carbocycles. The number of hydrogen-bond donors (Lipinski definition) is 2. The maximum atomic E-state index is 12.5. The van der Waals surface area contributed by atoms with Crippen molar-refractivity contribution in [2.24, 2.45) is 5.92 Å². The van der Waals surface area contributed by atoms with E-state index in [9.17, 15) is 14.4 Å². The molecular formula is C22H23Cl2N3O3. The first-order chi connectivity index (χ1) is 14.4. The van der Waals surface area contributed by atoms with Gasteiger partial charge in [0.25, 0.3) is 5.91 Å². The second-order valence-electron chi connectivity index (χ2n) is 7.24. The first kappa shape index (κ1) is 22.1. The monoisotopic (exact) mass is 447 g/mol. The maximum Gasteiger partial charge on any atom is 0.255 e. The van der Waals surface area contributed by atoms with E-state index >= 15 is 0 Å². The van der Waals surface area contributed by atoms with Gasteiger partial charge in [-0.05, 0) is 48.9 Å². The molecule has 1 heterocycles. The van der Waals surface area contributed by atoms with Gasteiger partial charge >= 0.3 is 0 Å². The van der Waals surface area contributed by atoms with Crippen molar-refractivity contribution in [2.75, 3.05) is 23.7 Å². The predicted octanol–water partition coefficient (Wildman–Crippen LogP) is 4.83. The van der Waals surface area contributed by atoms with Crippen LogP contribution in [0.25, 0.3) is 0 Å². The Labute approximate surface area is 185 Å². The zero-order chi connectivity index (χ0) is 21.7. The molecule has 1 atom stereocenters. The zero-order valence-corrected chi connectivity index (χ0v) is 18.1. The molecule has 0 spiro atoms. The Balaban J connectivity index is 1.57. The Morgan fingerprint density at radius 2 is 1.83 bits per heavy atom. The third-order valence-corrected chi connectivity index (χ3v) is 5.51. The number of nitrogens with zero attached hydrogens (tertiary/aromatic N) is 1. The van der Waals surface area contributed by atoms with E-state index in [0.29, 0.717) is 40.1 Å². The number of halogens is 2. The van der Waals surface area contributed by atoms with E-state index in [1.165, 1.54) is 0 Å². The van der Waals surface area contributed by atoms with Gasteiger partial charge in [-0.1, -0.05) is 36.5 Å². The lowest BCUT2D eigenvalue weighted by Crippen LogP contribution is -2.29. The standard InChI is InChI=1S/C22H23Cl2N3O3/c1-2-3-10-27-13-15(11-20(27)28)22(30)25-17-7-4-14(5-8-17)21(29)26-19-9-6-16(23)12-18(19)24/h4-9,12,15H,2-3,10-11,13H2,1H3,(H,25,30)(H,26,29). The van der Waals surface area contributed by atoms with Crippen LogP contribution in [0.3, 0.4) is 0 Å². The molecule has 30 heavy (non-hydrogen) atoms. The van der Waals surface area contributed by atoms with Crippen LogP contribution in [0.1, 0.15) is 36.5 Å². The molecule has 1 saturated heterocycles. The highest BCUT2D eigenvalue weighted by Gasteiger charge is 2.33. The minimum Gasteiger partial charge on any atom is -0.342 e. The maximum absolute atomic E-state index is 12.5. The van der Waals surface area contributed by atoms with Gasteiger partial charge in [-0.25, -0.2) is 0 Å². The van der Waals surface area contributed by atoms with Crippen molar-refractivity contribution in [1.29, 1.82) is 0 Å². The topological polar surface area (TPSA) is 78.5 Å². The summed E-state index contributed by atoms with van der Waals surface area (Å²) >= 11 is 11.9. The Bertz CT molecular complexity index is 947.